The maximum absolute atomic E-state index is 5.97. The summed E-state index contributed by atoms with van der Waals surface area (Å²) in [7, 11) is 0. The molecular weight excluding hydrogens is 222 g/mol. The summed E-state index contributed by atoms with van der Waals surface area (Å²) >= 11 is 0. The van der Waals surface area contributed by atoms with E-state index in [9.17, 15) is 0 Å². The SMILES string of the molecule is CCn1c(C(C)N)cnc1-c1ccc(C)c(C)c1. The molecule has 0 saturated heterocycles. The molecule has 0 amide bonds. The summed E-state index contributed by atoms with van der Waals surface area (Å²) in [6.07, 6.45) is 1.89. The number of hydrogen-bond donors (Lipinski definition) is 1. The van der Waals surface area contributed by atoms with Crippen LogP contribution in [-0.4, -0.2) is 9.55 Å². The average molecular weight is 243 g/mol. The van der Waals surface area contributed by atoms with E-state index in [0.29, 0.717) is 0 Å². The van der Waals surface area contributed by atoms with Crippen LogP contribution in [0.5, 0.6) is 0 Å². The molecule has 1 unspecified atom stereocenters. The van der Waals surface area contributed by atoms with Gasteiger partial charge in [-0.2, -0.15) is 0 Å². The molecule has 0 aliphatic carbocycles. The van der Waals surface area contributed by atoms with Crippen LogP contribution < -0.4 is 5.73 Å². The van der Waals surface area contributed by atoms with Crippen molar-refractivity contribution in [1.29, 1.82) is 0 Å². The highest BCUT2D eigenvalue weighted by molar-refractivity contribution is 5.58. The second-order valence-electron chi connectivity index (χ2n) is 4.84. The Morgan fingerprint density at radius 2 is 2.00 bits per heavy atom. The lowest BCUT2D eigenvalue weighted by Crippen LogP contribution is -2.12. The number of nitrogens with two attached hydrogens (primary N) is 1. The smallest absolute Gasteiger partial charge is 0.140 e. The van der Waals surface area contributed by atoms with Gasteiger partial charge >= 0.3 is 0 Å². The summed E-state index contributed by atoms with van der Waals surface area (Å²) in [4.78, 5) is 4.53. The van der Waals surface area contributed by atoms with Gasteiger partial charge in [-0.1, -0.05) is 12.1 Å². The largest absolute Gasteiger partial charge is 0.327 e. The summed E-state index contributed by atoms with van der Waals surface area (Å²) in [5.74, 6) is 1.01. The number of benzene rings is 1. The Bertz CT molecular complexity index is 553. The van der Waals surface area contributed by atoms with Gasteiger partial charge in [-0.15, -0.1) is 0 Å². The Hall–Kier alpha value is -1.61. The van der Waals surface area contributed by atoms with Crippen molar-refractivity contribution in [1.82, 2.24) is 9.55 Å². The van der Waals surface area contributed by atoms with Crippen molar-refractivity contribution in [2.45, 2.75) is 40.3 Å². The fraction of sp³-hybridized carbons (Fsp3) is 0.400. The Labute approximate surface area is 109 Å². The van der Waals surface area contributed by atoms with E-state index < -0.39 is 0 Å². The van der Waals surface area contributed by atoms with E-state index in [1.807, 2.05) is 13.1 Å². The highest BCUT2D eigenvalue weighted by Gasteiger charge is 2.13. The fourth-order valence-corrected chi connectivity index (χ4v) is 2.20. The molecule has 3 nitrogen and oxygen atoms in total. The van der Waals surface area contributed by atoms with Crippen molar-refractivity contribution in [2.75, 3.05) is 0 Å². The van der Waals surface area contributed by atoms with E-state index in [-0.39, 0.29) is 6.04 Å². The first kappa shape index (κ1) is 12.8. The molecule has 0 spiro atoms. The molecule has 2 N–H and O–H groups in total. The lowest BCUT2D eigenvalue weighted by molar-refractivity contribution is 0.662. The van der Waals surface area contributed by atoms with Crippen LogP contribution in [-0.2, 0) is 6.54 Å². The Morgan fingerprint density at radius 3 is 2.56 bits per heavy atom. The third kappa shape index (κ3) is 2.18. The maximum atomic E-state index is 5.97. The number of nitrogens with zero attached hydrogens (tertiary/aromatic N) is 2. The fourth-order valence-electron chi connectivity index (χ4n) is 2.20. The number of imidazole rings is 1. The van der Waals surface area contributed by atoms with Gasteiger partial charge in [-0.05, 0) is 44.9 Å². The second-order valence-corrected chi connectivity index (χ2v) is 4.84. The van der Waals surface area contributed by atoms with Crippen molar-refractivity contribution in [3.63, 3.8) is 0 Å². The van der Waals surface area contributed by atoms with E-state index in [1.165, 1.54) is 11.1 Å². The molecule has 96 valence electrons. The molecular formula is C15H21N3. The minimum atomic E-state index is 0.0118. The predicted molar refractivity (Wildman–Crippen MR) is 75.4 cm³/mol. The van der Waals surface area contributed by atoms with Crippen LogP contribution in [0.4, 0.5) is 0 Å². The minimum Gasteiger partial charge on any atom is -0.327 e. The number of aromatic nitrogens is 2. The van der Waals surface area contributed by atoms with Crippen LogP contribution in [0, 0.1) is 13.8 Å². The molecule has 2 aromatic rings. The van der Waals surface area contributed by atoms with Gasteiger partial charge in [0.2, 0.25) is 0 Å². The molecule has 0 saturated carbocycles. The maximum Gasteiger partial charge on any atom is 0.140 e. The average Bonchev–Trinajstić information content (AvgIpc) is 2.76. The van der Waals surface area contributed by atoms with Gasteiger partial charge in [0.15, 0.2) is 0 Å². The summed E-state index contributed by atoms with van der Waals surface area (Å²) in [5, 5.41) is 0. The molecule has 0 fully saturated rings. The second kappa shape index (κ2) is 4.94. The molecule has 2 rings (SSSR count). The lowest BCUT2D eigenvalue weighted by Gasteiger charge is -2.12. The van der Waals surface area contributed by atoms with Crippen LogP contribution >= 0.6 is 0 Å². The first-order valence-electron chi connectivity index (χ1n) is 6.43. The first-order chi connectivity index (χ1) is 8.54. The summed E-state index contributed by atoms with van der Waals surface area (Å²) in [6, 6.07) is 6.47. The zero-order valence-corrected chi connectivity index (χ0v) is 11.6. The van der Waals surface area contributed by atoms with Gasteiger partial charge in [0.05, 0.1) is 11.9 Å². The molecule has 1 aromatic carbocycles. The van der Waals surface area contributed by atoms with Crippen molar-refractivity contribution >= 4 is 0 Å². The minimum absolute atomic E-state index is 0.0118. The molecule has 0 aliphatic heterocycles. The lowest BCUT2D eigenvalue weighted by atomic mass is 10.1. The van der Waals surface area contributed by atoms with E-state index in [2.05, 4.69) is 48.5 Å². The van der Waals surface area contributed by atoms with E-state index in [4.69, 9.17) is 5.73 Å². The van der Waals surface area contributed by atoms with Gasteiger partial charge in [0, 0.05) is 18.2 Å². The number of rotatable bonds is 3. The molecule has 1 atom stereocenters. The number of aryl methyl sites for hydroxylation is 2. The van der Waals surface area contributed by atoms with Gasteiger partial charge in [0.25, 0.3) is 0 Å². The van der Waals surface area contributed by atoms with Gasteiger partial charge in [-0.25, -0.2) is 4.98 Å². The van der Waals surface area contributed by atoms with Crippen LogP contribution in [0.15, 0.2) is 24.4 Å². The Kier molecular flexibility index (Phi) is 3.53. The van der Waals surface area contributed by atoms with E-state index in [0.717, 1.165) is 23.6 Å². The topological polar surface area (TPSA) is 43.8 Å². The third-order valence-electron chi connectivity index (χ3n) is 3.43. The van der Waals surface area contributed by atoms with Crippen LogP contribution in [0.25, 0.3) is 11.4 Å². The van der Waals surface area contributed by atoms with E-state index in [1.54, 1.807) is 0 Å². The van der Waals surface area contributed by atoms with Crippen LogP contribution in [0.2, 0.25) is 0 Å². The molecule has 18 heavy (non-hydrogen) atoms. The van der Waals surface area contributed by atoms with Gasteiger partial charge in [-0.3, -0.25) is 0 Å². The molecule has 3 heteroatoms. The quantitative estimate of drug-likeness (QED) is 0.899. The zero-order chi connectivity index (χ0) is 13.3. The molecule has 1 aromatic heterocycles. The van der Waals surface area contributed by atoms with Crippen molar-refractivity contribution in [3.05, 3.63) is 41.2 Å². The molecule has 1 heterocycles. The standard InChI is InChI=1S/C15H21N3/c1-5-18-14(12(4)16)9-17-15(18)13-7-6-10(2)11(3)8-13/h6-9,12H,5,16H2,1-4H3. The summed E-state index contributed by atoms with van der Waals surface area (Å²) in [6.45, 7) is 9.26. The zero-order valence-electron chi connectivity index (χ0n) is 11.6. The van der Waals surface area contributed by atoms with Gasteiger partial charge < -0.3 is 10.3 Å². The Balaban J connectivity index is 2.53. The summed E-state index contributed by atoms with van der Waals surface area (Å²) < 4.78 is 2.19. The highest BCUT2D eigenvalue weighted by Crippen LogP contribution is 2.24. The molecule has 0 bridgehead atoms. The van der Waals surface area contributed by atoms with Crippen LogP contribution in [0.3, 0.4) is 0 Å². The van der Waals surface area contributed by atoms with E-state index >= 15 is 0 Å². The van der Waals surface area contributed by atoms with Crippen molar-refractivity contribution in [2.24, 2.45) is 5.73 Å². The van der Waals surface area contributed by atoms with Gasteiger partial charge in [0.1, 0.15) is 5.82 Å². The predicted octanol–water partition coefficient (Wildman–Crippen LogP) is 3.21. The first-order valence-corrected chi connectivity index (χ1v) is 6.43. The van der Waals surface area contributed by atoms with Crippen LogP contribution in [0.1, 0.15) is 36.7 Å². The summed E-state index contributed by atoms with van der Waals surface area (Å²) in [5.41, 5.74) is 10.8. The monoisotopic (exact) mass is 243 g/mol. The Morgan fingerprint density at radius 1 is 1.28 bits per heavy atom. The van der Waals surface area contributed by atoms with Crippen molar-refractivity contribution < 1.29 is 0 Å². The molecule has 0 aliphatic rings. The highest BCUT2D eigenvalue weighted by atomic mass is 15.1. The third-order valence-corrected chi connectivity index (χ3v) is 3.43. The normalized spacial score (nSPS) is 12.7. The number of hydrogen-bond acceptors (Lipinski definition) is 2. The van der Waals surface area contributed by atoms with Crippen molar-refractivity contribution in [3.8, 4) is 11.4 Å². The molecule has 0 radical (unpaired) electrons.